The Balaban J connectivity index is 1.21. The molecule has 54 heavy (non-hydrogen) atoms. The summed E-state index contributed by atoms with van der Waals surface area (Å²) in [6, 6.07) is 4.71. The fraction of sp³-hybridized carbons (Fsp3) is 0.514. The first-order valence-corrected chi connectivity index (χ1v) is 17.5. The van der Waals surface area contributed by atoms with E-state index in [9.17, 15) is 41.4 Å². The lowest BCUT2D eigenvalue weighted by molar-refractivity contribution is -0.338. The molecule has 0 unspecified atom stereocenters. The molecular weight excluding hydrogens is 721 g/mol. The van der Waals surface area contributed by atoms with E-state index in [1.54, 1.807) is 18.7 Å². The summed E-state index contributed by atoms with van der Waals surface area (Å²) in [5.41, 5.74) is 0.541. The van der Waals surface area contributed by atoms with Crippen LogP contribution in [0.15, 0.2) is 29.3 Å². The number of carbonyl (C=O) groups excluding carboxylic acids is 2. The number of rotatable bonds is 8. The van der Waals surface area contributed by atoms with Gasteiger partial charge in [0.2, 0.25) is 11.7 Å². The number of aromatic nitrogens is 6. The second kappa shape index (κ2) is 13.6. The summed E-state index contributed by atoms with van der Waals surface area (Å²) in [6.07, 6.45) is -4.78. The molecule has 1 saturated heterocycles. The van der Waals surface area contributed by atoms with Gasteiger partial charge in [0.05, 0.1) is 24.6 Å². The number of carbonyl (C=O) groups is 2. The Labute approximate surface area is 305 Å². The van der Waals surface area contributed by atoms with Crippen LogP contribution in [0.5, 0.6) is 5.75 Å². The number of anilines is 1. The van der Waals surface area contributed by atoms with Crippen molar-refractivity contribution in [1.82, 2.24) is 39.3 Å². The van der Waals surface area contributed by atoms with E-state index in [1.165, 1.54) is 15.8 Å². The molecule has 1 saturated carbocycles. The van der Waals surface area contributed by atoms with Crippen LogP contribution in [-0.4, -0.2) is 102 Å². The first-order chi connectivity index (χ1) is 25.5. The predicted molar refractivity (Wildman–Crippen MR) is 182 cm³/mol. The Bertz CT molecular complexity index is 2190. The molecule has 1 aliphatic carbocycles. The molecule has 3 aliphatic rings. The molecule has 2 fully saturated rings. The number of benzene rings is 1. The Morgan fingerprint density at radius 3 is 2.48 bits per heavy atom. The number of halogens is 5. The Kier molecular flexibility index (Phi) is 9.34. The highest BCUT2D eigenvalue weighted by atomic mass is 19.4. The van der Waals surface area contributed by atoms with Gasteiger partial charge in [0.15, 0.2) is 17.3 Å². The molecule has 2 amide bonds. The van der Waals surface area contributed by atoms with E-state index in [1.807, 2.05) is 18.2 Å². The lowest BCUT2D eigenvalue weighted by atomic mass is 9.62. The number of ether oxygens (including phenoxy) is 1. The highest BCUT2D eigenvalue weighted by Crippen LogP contribution is 2.58. The van der Waals surface area contributed by atoms with Crippen molar-refractivity contribution >= 4 is 23.3 Å². The zero-order valence-corrected chi connectivity index (χ0v) is 29.7. The van der Waals surface area contributed by atoms with Gasteiger partial charge in [0, 0.05) is 43.2 Å². The van der Waals surface area contributed by atoms with E-state index < -0.39 is 60.3 Å². The molecule has 7 rings (SSSR count). The number of alkyl halides is 5. The molecule has 0 atom stereocenters. The minimum atomic E-state index is -5.72. The molecule has 0 spiro atoms. The molecule has 2 aliphatic heterocycles. The van der Waals surface area contributed by atoms with E-state index >= 15 is 0 Å². The van der Waals surface area contributed by atoms with E-state index in [4.69, 9.17) is 9.72 Å². The maximum Gasteiger partial charge on any atom is 0.453 e. The molecule has 5 heterocycles. The van der Waals surface area contributed by atoms with Crippen molar-refractivity contribution in [3.8, 4) is 17.1 Å². The van der Waals surface area contributed by atoms with E-state index in [2.05, 4.69) is 20.4 Å². The summed E-state index contributed by atoms with van der Waals surface area (Å²) < 4.78 is 76.0. The number of fused-ring (bicyclic) bond motifs is 2. The molecule has 0 radical (unpaired) electrons. The van der Waals surface area contributed by atoms with Crippen LogP contribution in [0.4, 0.5) is 27.6 Å². The molecule has 19 heteroatoms. The summed E-state index contributed by atoms with van der Waals surface area (Å²) >= 11 is 0. The molecule has 14 nitrogen and oxygen atoms in total. The van der Waals surface area contributed by atoms with E-state index in [-0.39, 0.29) is 67.0 Å². The summed E-state index contributed by atoms with van der Waals surface area (Å²) in [5.74, 6) is -6.17. The summed E-state index contributed by atoms with van der Waals surface area (Å²) in [7, 11) is 0. The standard InChI is InChI=1S/C35H38F5N9O5/c1-4-24-27(46-8-10-47(11-9-46)30(52)26-28(51)19(2)41-18-42-26)31(53)49-32(44-29(45-49)21-5-6-22-17-54-12-7-20(22)13-21)48(24)16-25(50)43-23-14-33(3,15-23)34(36,37)35(38,39)40/h5-6,13,18,23,51H,4,7-12,14-17H2,1-3H3,(H,43,50). The average molecular weight is 760 g/mol. The third-order valence-electron chi connectivity index (χ3n) is 10.7. The monoisotopic (exact) mass is 759 g/mol. The Morgan fingerprint density at radius 2 is 1.80 bits per heavy atom. The van der Waals surface area contributed by atoms with Crippen LogP contribution in [-0.2, 0) is 35.5 Å². The van der Waals surface area contributed by atoms with Crippen molar-refractivity contribution in [2.24, 2.45) is 5.41 Å². The van der Waals surface area contributed by atoms with Crippen molar-refractivity contribution in [1.29, 1.82) is 0 Å². The van der Waals surface area contributed by atoms with Gasteiger partial charge in [-0.05, 0) is 49.8 Å². The zero-order valence-electron chi connectivity index (χ0n) is 29.7. The lowest BCUT2D eigenvalue weighted by Gasteiger charge is -2.49. The fourth-order valence-electron chi connectivity index (χ4n) is 7.61. The minimum absolute atomic E-state index is 0.0391. The number of nitrogens with zero attached hydrogens (tertiary/aromatic N) is 8. The van der Waals surface area contributed by atoms with Crippen LogP contribution in [0.25, 0.3) is 17.2 Å². The van der Waals surface area contributed by atoms with Crippen LogP contribution in [0.3, 0.4) is 0 Å². The normalized spacial score (nSPS) is 20.5. The van der Waals surface area contributed by atoms with Gasteiger partial charge in [0.25, 0.3) is 11.5 Å². The molecule has 2 N–H and O–H groups in total. The fourth-order valence-corrected chi connectivity index (χ4v) is 7.61. The SMILES string of the molecule is CCc1c(N2CCN(C(=O)c3ncnc(C)c3O)CC2)c(=O)n2nc(-c3ccc4c(c3)CCOC4)nc2n1CC(=O)NC1CC(C)(C(F)(F)C(F)(F)F)C1. The Morgan fingerprint density at radius 1 is 1.07 bits per heavy atom. The van der Waals surface area contributed by atoms with E-state index in [0.29, 0.717) is 30.9 Å². The number of aryl methyl sites for hydroxylation is 1. The molecule has 1 aromatic carbocycles. The van der Waals surface area contributed by atoms with Crippen molar-refractivity contribution in [3.05, 3.63) is 63.1 Å². The van der Waals surface area contributed by atoms with Gasteiger partial charge in [-0.1, -0.05) is 26.0 Å². The second-order valence-electron chi connectivity index (χ2n) is 14.2. The predicted octanol–water partition coefficient (Wildman–Crippen LogP) is 3.44. The van der Waals surface area contributed by atoms with Crippen molar-refractivity contribution in [2.75, 3.05) is 37.7 Å². The first kappa shape index (κ1) is 37.1. The van der Waals surface area contributed by atoms with Crippen LogP contribution in [0, 0.1) is 12.3 Å². The Hall–Kier alpha value is -5.20. The maximum atomic E-state index is 14.3. The number of amides is 2. The van der Waals surface area contributed by atoms with Gasteiger partial charge in [-0.3, -0.25) is 14.4 Å². The largest absolute Gasteiger partial charge is 0.504 e. The highest BCUT2D eigenvalue weighted by molar-refractivity contribution is 5.95. The number of hydrogen-bond donors (Lipinski definition) is 2. The summed E-state index contributed by atoms with van der Waals surface area (Å²) in [6.45, 7) is 5.46. The van der Waals surface area contributed by atoms with Gasteiger partial charge in [-0.25, -0.2) is 9.97 Å². The van der Waals surface area contributed by atoms with Crippen LogP contribution < -0.4 is 15.8 Å². The topological polar surface area (TPSA) is 160 Å². The lowest BCUT2D eigenvalue weighted by Crippen LogP contribution is -2.61. The van der Waals surface area contributed by atoms with Crippen LogP contribution in [0.1, 0.15) is 59.7 Å². The number of piperazine rings is 1. The zero-order chi connectivity index (χ0) is 38.7. The maximum absolute atomic E-state index is 14.3. The van der Waals surface area contributed by atoms with Gasteiger partial charge in [-0.15, -0.1) is 5.10 Å². The van der Waals surface area contributed by atoms with Crippen molar-refractivity contribution < 1.29 is 41.4 Å². The van der Waals surface area contributed by atoms with Crippen LogP contribution >= 0.6 is 0 Å². The van der Waals surface area contributed by atoms with Gasteiger partial charge >= 0.3 is 12.1 Å². The third kappa shape index (κ3) is 6.30. The number of hydrogen-bond acceptors (Lipinski definition) is 10. The molecule has 4 aromatic rings. The van der Waals surface area contributed by atoms with Gasteiger partial charge in [-0.2, -0.15) is 31.5 Å². The highest BCUT2D eigenvalue weighted by Gasteiger charge is 2.71. The van der Waals surface area contributed by atoms with Crippen molar-refractivity contribution in [2.45, 2.75) is 77.7 Å². The quantitative estimate of drug-likeness (QED) is 0.255. The van der Waals surface area contributed by atoms with Gasteiger partial charge in [0.1, 0.15) is 18.6 Å². The second-order valence-corrected chi connectivity index (χ2v) is 14.2. The minimum Gasteiger partial charge on any atom is -0.504 e. The summed E-state index contributed by atoms with van der Waals surface area (Å²) in [5, 5.41) is 17.6. The molecule has 3 aromatic heterocycles. The number of nitrogens with one attached hydrogen (secondary N) is 1. The number of aromatic hydroxyl groups is 1. The van der Waals surface area contributed by atoms with Crippen molar-refractivity contribution in [3.63, 3.8) is 0 Å². The molecule has 288 valence electrons. The summed E-state index contributed by atoms with van der Waals surface area (Å²) in [4.78, 5) is 56.9. The molecular formula is C35H38F5N9O5. The smallest absolute Gasteiger partial charge is 0.453 e. The third-order valence-corrected chi connectivity index (χ3v) is 10.7. The van der Waals surface area contributed by atoms with Gasteiger partial charge < -0.3 is 29.5 Å². The first-order valence-electron chi connectivity index (χ1n) is 17.5. The molecule has 0 bridgehead atoms. The average Bonchev–Trinajstić information content (AvgIpc) is 3.58. The van der Waals surface area contributed by atoms with Crippen LogP contribution in [0.2, 0.25) is 0 Å². The van der Waals surface area contributed by atoms with E-state index in [0.717, 1.165) is 22.6 Å².